The average molecular weight is 229 g/mol. The first-order valence-electron chi connectivity index (χ1n) is 4.26. The Balaban J connectivity index is 2.58. The maximum Gasteiger partial charge on any atom is 0.152 e. The molecule has 0 aliphatic carbocycles. The largest absolute Gasteiger partial charge is 0.235 e. The first-order chi connectivity index (χ1) is 7.22. The van der Waals surface area contributed by atoms with Gasteiger partial charge in [-0.15, -0.1) is 11.6 Å². The van der Waals surface area contributed by atoms with Crippen molar-refractivity contribution < 1.29 is 8.78 Å². The second-order valence-electron chi connectivity index (χ2n) is 2.99. The van der Waals surface area contributed by atoms with Crippen LogP contribution in [0, 0.1) is 11.6 Å². The lowest BCUT2D eigenvalue weighted by atomic mass is 10.2. The predicted octanol–water partition coefficient (Wildman–Crippen LogP) is 2.89. The van der Waals surface area contributed by atoms with Gasteiger partial charge in [0.05, 0.1) is 0 Å². The lowest BCUT2D eigenvalue weighted by Crippen LogP contribution is -2.03. The maximum atomic E-state index is 13.5. The van der Waals surface area contributed by atoms with Crippen LogP contribution in [0.4, 0.5) is 8.78 Å². The number of halogens is 3. The predicted molar refractivity (Wildman–Crippen MR) is 53.0 cm³/mol. The minimum absolute atomic E-state index is 0.0766. The third kappa shape index (κ3) is 1.85. The zero-order chi connectivity index (χ0) is 10.8. The van der Waals surface area contributed by atoms with E-state index in [9.17, 15) is 8.78 Å². The monoisotopic (exact) mass is 228 g/mol. The fourth-order valence-corrected chi connectivity index (χ4v) is 1.47. The third-order valence-electron chi connectivity index (χ3n) is 1.96. The fourth-order valence-electron chi connectivity index (χ4n) is 1.32. The molecule has 1 aromatic carbocycles. The van der Waals surface area contributed by atoms with Crippen LogP contribution in [-0.2, 0) is 5.88 Å². The Morgan fingerprint density at radius 2 is 1.93 bits per heavy atom. The second-order valence-corrected chi connectivity index (χ2v) is 3.26. The molecule has 2 aromatic rings. The minimum atomic E-state index is -0.672. The van der Waals surface area contributed by atoms with E-state index in [1.807, 2.05) is 0 Å². The summed E-state index contributed by atoms with van der Waals surface area (Å²) in [6.45, 7) is 0. The van der Waals surface area contributed by atoms with Crippen molar-refractivity contribution in [2.75, 3.05) is 0 Å². The average Bonchev–Trinajstić information content (AvgIpc) is 2.69. The highest BCUT2D eigenvalue weighted by molar-refractivity contribution is 6.17. The van der Waals surface area contributed by atoms with Gasteiger partial charge in [-0.2, -0.15) is 5.10 Å². The van der Waals surface area contributed by atoms with E-state index >= 15 is 0 Å². The summed E-state index contributed by atoms with van der Waals surface area (Å²) < 4.78 is 28.1. The van der Waals surface area contributed by atoms with Crippen molar-refractivity contribution >= 4 is 11.6 Å². The summed E-state index contributed by atoms with van der Waals surface area (Å²) in [5.74, 6) is -1.27. The SMILES string of the molecule is Fc1cc(CCl)cc(F)c1-n1cccn1. The Morgan fingerprint density at radius 1 is 1.27 bits per heavy atom. The molecule has 0 aliphatic rings. The number of hydrogen-bond donors (Lipinski definition) is 0. The van der Waals surface area contributed by atoms with Gasteiger partial charge in [0.2, 0.25) is 0 Å². The topological polar surface area (TPSA) is 17.8 Å². The Kier molecular flexibility index (Phi) is 2.68. The van der Waals surface area contributed by atoms with Gasteiger partial charge < -0.3 is 0 Å². The minimum Gasteiger partial charge on any atom is -0.235 e. The van der Waals surface area contributed by atoms with Crippen molar-refractivity contribution in [1.29, 1.82) is 0 Å². The van der Waals surface area contributed by atoms with E-state index < -0.39 is 11.6 Å². The number of rotatable bonds is 2. The number of aromatic nitrogens is 2. The van der Waals surface area contributed by atoms with Gasteiger partial charge in [-0.25, -0.2) is 13.5 Å². The molecule has 0 unspecified atom stereocenters. The Morgan fingerprint density at radius 3 is 2.40 bits per heavy atom. The van der Waals surface area contributed by atoms with E-state index in [2.05, 4.69) is 5.10 Å². The molecule has 78 valence electrons. The van der Waals surface area contributed by atoms with Gasteiger partial charge in [-0.05, 0) is 23.8 Å². The van der Waals surface area contributed by atoms with E-state index in [0.29, 0.717) is 5.56 Å². The first-order valence-corrected chi connectivity index (χ1v) is 4.79. The van der Waals surface area contributed by atoms with E-state index in [1.54, 1.807) is 6.07 Å². The lowest BCUT2D eigenvalue weighted by molar-refractivity contribution is 0.558. The quantitative estimate of drug-likeness (QED) is 0.723. The Hall–Kier alpha value is -1.42. The molecule has 0 spiro atoms. The Bertz CT molecular complexity index is 445. The standard InChI is InChI=1S/C10H7ClF2N2/c11-6-7-4-8(12)10(9(13)5-7)15-3-1-2-14-15/h1-5H,6H2. The molecule has 0 fully saturated rings. The van der Waals surface area contributed by atoms with E-state index in [1.165, 1.54) is 24.5 Å². The molecule has 1 aromatic heterocycles. The number of hydrogen-bond acceptors (Lipinski definition) is 1. The van der Waals surface area contributed by atoms with Crippen molar-refractivity contribution in [2.45, 2.75) is 5.88 Å². The van der Waals surface area contributed by atoms with Crippen LogP contribution in [0.25, 0.3) is 5.69 Å². The molecule has 0 bridgehead atoms. The van der Waals surface area contributed by atoms with Crippen molar-refractivity contribution in [3.05, 3.63) is 47.8 Å². The van der Waals surface area contributed by atoms with Crippen molar-refractivity contribution in [3.8, 4) is 5.69 Å². The van der Waals surface area contributed by atoms with Crippen LogP contribution < -0.4 is 0 Å². The summed E-state index contributed by atoms with van der Waals surface area (Å²) >= 11 is 5.49. The summed E-state index contributed by atoms with van der Waals surface area (Å²) in [5, 5.41) is 3.77. The normalized spacial score (nSPS) is 10.6. The molecule has 2 nitrogen and oxygen atoms in total. The van der Waals surface area contributed by atoms with Crippen molar-refractivity contribution in [1.82, 2.24) is 9.78 Å². The van der Waals surface area contributed by atoms with Gasteiger partial charge >= 0.3 is 0 Å². The summed E-state index contributed by atoms with van der Waals surface area (Å²) in [6, 6.07) is 3.99. The molecule has 5 heteroatoms. The summed E-state index contributed by atoms with van der Waals surface area (Å²) in [4.78, 5) is 0. The molecule has 0 saturated carbocycles. The summed E-state index contributed by atoms with van der Waals surface area (Å²) in [5.41, 5.74) is 0.219. The third-order valence-corrected chi connectivity index (χ3v) is 2.27. The van der Waals surface area contributed by atoms with E-state index in [0.717, 1.165) is 4.68 Å². The van der Waals surface area contributed by atoms with Crippen LogP contribution in [-0.4, -0.2) is 9.78 Å². The highest BCUT2D eigenvalue weighted by Crippen LogP contribution is 2.19. The molecular weight excluding hydrogens is 222 g/mol. The molecule has 1 heterocycles. The Labute approximate surface area is 90.1 Å². The number of alkyl halides is 1. The van der Waals surface area contributed by atoms with Gasteiger partial charge in [0.1, 0.15) is 5.69 Å². The molecular formula is C10H7ClF2N2. The highest BCUT2D eigenvalue weighted by atomic mass is 35.5. The molecule has 0 aliphatic heterocycles. The molecule has 2 rings (SSSR count). The van der Waals surface area contributed by atoms with Crippen LogP contribution in [0.3, 0.4) is 0 Å². The van der Waals surface area contributed by atoms with E-state index in [-0.39, 0.29) is 11.6 Å². The van der Waals surface area contributed by atoms with Crippen LogP contribution in [0.2, 0.25) is 0 Å². The van der Waals surface area contributed by atoms with E-state index in [4.69, 9.17) is 11.6 Å². The molecule has 0 saturated heterocycles. The smallest absolute Gasteiger partial charge is 0.152 e. The first kappa shape index (κ1) is 10.1. The molecule has 0 radical (unpaired) electrons. The van der Waals surface area contributed by atoms with Crippen LogP contribution in [0.1, 0.15) is 5.56 Å². The highest BCUT2D eigenvalue weighted by Gasteiger charge is 2.12. The lowest BCUT2D eigenvalue weighted by Gasteiger charge is -2.06. The van der Waals surface area contributed by atoms with Crippen molar-refractivity contribution in [2.24, 2.45) is 0 Å². The summed E-state index contributed by atoms with van der Waals surface area (Å²) in [6.07, 6.45) is 2.93. The molecule has 15 heavy (non-hydrogen) atoms. The second kappa shape index (κ2) is 3.98. The number of nitrogens with zero attached hydrogens (tertiary/aromatic N) is 2. The van der Waals surface area contributed by atoms with Gasteiger partial charge in [0.15, 0.2) is 11.6 Å². The van der Waals surface area contributed by atoms with Gasteiger partial charge in [-0.3, -0.25) is 0 Å². The van der Waals surface area contributed by atoms with Gasteiger partial charge in [0.25, 0.3) is 0 Å². The number of benzene rings is 1. The van der Waals surface area contributed by atoms with Gasteiger partial charge in [-0.1, -0.05) is 0 Å². The molecule has 0 N–H and O–H groups in total. The summed E-state index contributed by atoms with van der Waals surface area (Å²) in [7, 11) is 0. The van der Waals surface area contributed by atoms with Crippen molar-refractivity contribution in [3.63, 3.8) is 0 Å². The van der Waals surface area contributed by atoms with Gasteiger partial charge in [0, 0.05) is 18.3 Å². The zero-order valence-corrected chi connectivity index (χ0v) is 8.38. The molecule has 0 amide bonds. The molecule has 0 atom stereocenters. The van der Waals surface area contributed by atoms with Crippen LogP contribution >= 0.6 is 11.6 Å². The van der Waals surface area contributed by atoms with Crippen LogP contribution in [0.15, 0.2) is 30.6 Å². The van der Waals surface area contributed by atoms with Crippen LogP contribution in [0.5, 0.6) is 0 Å². The fraction of sp³-hybridized carbons (Fsp3) is 0.100. The maximum absolute atomic E-state index is 13.5. The zero-order valence-electron chi connectivity index (χ0n) is 7.62.